The molecule has 0 saturated carbocycles. The summed E-state index contributed by atoms with van der Waals surface area (Å²) >= 11 is 3.38. The molecule has 0 N–H and O–H groups in total. The van der Waals surface area contributed by atoms with Crippen molar-refractivity contribution < 1.29 is 14.0 Å². The second-order valence-electron chi connectivity index (χ2n) is 7.16. The Morgan fingerprint density at radius 3 is 2.11 bits per heavy atom. The quantitative estimate of drug-likeness (QED) is 0.309. The number of likely N-dealkylation sites (tertiary alicyclic amines) is 1. The fourth-order valence-electron chi connectivity index (χ4n) is 3.78. The molecule has 1 fully saturated rings. The van der Waals surface area contributed by atoms with Crippen LogP contribution < -0.4 is 0 Å². The van der Waals surface area contributed by atoms with Gasteiger partial charge in [0, 0.05) is 10.0 Å². The van der Waals surface area contributed by atoms with Gasteiger partial charge in [-0.3, -0.25) is 14.5 Å². The van der Waals surface area contributed by atoms with Crippen LogP contribution in [0.2, 0.25) is 18.1 Å². The van der Waals surface area contributed by atoms with Crippen LogP contribution in [0.15, 0.2) is 59.1 Å². The molecule has 4 nitrogen and oxygen atoms in total. The predicted molar refractivity (Wildman–Crippen MR) is 117 cm³/mol. The molecule has 148 valence electrons. The first-order chi connectivity index (χ1) is 13.5. The van der Waals surface area contributed by atoms with Crippen molar-refractivity contribution in [3.63, 3.8) is 0 Å². The highest BCUT2D eigenvalue weighted by Gasteiger charge is 2.54. The fraction of sp³-hybridized carbons (Fsp3) is 0.364. The Morgan fingerprint density at radius 2 is 1.57 bits per heavy atom. The van der Waals surface area contributed by atoms with Gasteiger partial charge in [-0.2, -0.15) is 0 Å². The van der Waals surface area contributed by atoms with E-state index in [2.05, 4.69) is 36.7 Å². The highest BCUT2D eigenvalue weighted by atomic mass is 79.9. The minimum atomic E-state index is -1.98. The van der Waals surface area contributed by atoms with Crippen LogP contribution in [-0.2, 0) is 9.22 Å². The molecule has 2 aromatic rings. The third-order valence-electron chi connectivity index (χ3n) is 5.81. The Balaban J connectivity index is 1.93. The van der Waals surface area contributed by atoms with Crippen LogP contribution in [0.25, 0.3) is 0 Å². The fourth-order valence-corrected chi connectivity index (χ4v) is 6.81. The van der Waals surface area contributed by atoms with Crippen molar-refractivity contribution in [2.75, 3.05) is 0 Å². The van der Waals surface area contributed by atoms with Gasteiger partial charge >= 0.3 is 0 Å². The van der Waals surface area contributed by atoms with Crippen molar-refractivity contribution in [1.82, 2.24) is 4.90 Å². The normalized spacial score (nSPS) is 19.4. The molecule has 0 unspecified atom stereocenters. The molecule has 1 aliphatic rings. The number of β-lactam (4-membered cyclic amide) rings is 1. The van der Waals surface area contributed by atoms with E-state index in [9.17, 15) is 9.59 Å². The number of hydrogen-bond donors (Lipinski definition) is 0. The van der Waals surface area contributed by atoms with Crippen LogP contribution in [-0.4, -0.2) is 31.1 Å². The average Bonchev–Trinajstić information content (AvgIpc) is 2.74. The zero-order chi connectivity index (χ0) is 20.3. The molecule has 2 amide bonds. The van der Waals surface area contributed by atoms with E-state index in [0.717, 1.165) is 28.2 Å². The zero-order valence-electron chi connectivity index (χ0n) is 16.5. The van der Waals surface area contributed by atoms with Gasteiger partial charge in [0.1, 0.15) is 0 Å². The molecule has 1 aliphatic heterocycles. The number of rotatable bonds is 7. The molecule has 6 heteroatoms. The van der Waals surface area contributed by atoms with Gasteiger partial charge < -0.3 is 4.43 Å². The van der Waals surface area contributed by atoms with Gasteiger partial charge in [-0.25, -0.2) is 0 Å². The third kappa shape index (κ3) is 3.86. The molecule has 2 aromatic carbocycles. The van der Waals surface area contributed by atoms with Gasteiger partial charge in [0.05, 0.1) is 6.04 Å². The van der Waals surface area contributed by atoms with E-state index in [0.29, 0.717) is 5.56 Å². The standard InChI is InChI=1S/C22H26BrNO3Si/c1-4-28(5-2,6-3)27-20-19(16-10-8-7-9-11-16)24(22(20)26)21(25)17-12-14-18(23)15-13-17/h7-15,19-20H,4-6H2,1-3H3/t19-,20+/m0/s1. The van der Waals surface area contributed by atoms with E-state index < -0.39 is 14.4 Å². The maximum absolute atomic E-state index is 13.1. The van der Waals surface area contributed by atoms with Crippen molar-refractivity contribution in [2.24, 2.45) is 0 Å². The molecule has 28 heavy (non-hydrogen) atoms. The maximum atomic E-state index is 13.1. The van der Waals surface area contributed by atoms with Crippen molar-refractivity contribution in [3.8, 4) is 0 Å². The highest BCUT2D eigenvalue weighted by Crippen LogP contribution is 2.41. The lowest BCUT2D eigenvalue weighted by Crippen LogP contribution is -2.64. The van der Waals surface area contributed by atoms with Gasteiger partial charge in [-0.05, 0) is 48.0 Å². The molecule has 1 heterocycles. The summed E-state index contributed by atoms with van der Waals surface area (Å²) in [5.41, 5.74) is 1.43. The van der Waals surface area contributed by atoms with Crippen LogP contribution in [0.1, 0.15) is 42.7 Å². The number of amides is 2. The van der Waals surface area contributed by atoms with E-state index in [4.69, 9.17) is 4.43 Å². The molecule has 0 aromatic heterocycles. The summed E-state index contributed by atoms with van der Waals surface area (Å²) in [6.45, 7) is 6.43. The first-order valence-corrected chi connectivity index (χ1v) is 13.1. The number of benzene rings is 2. The monoisotopic (exact) mass is 459 g/mol. The SMILES string of the molecule is CC[Si](CC)(CC)O[C@H]1C(=O)N(C(=O)c2ccc(Br)cc2)[C@H]1c1ccccc1. The van der Waals surface area contributed by atoms with Crippen LogP contribution in [0, 0.1) is 0 Å². The summed E-state index contributed by atoms with van der Waals surface area (Å²) in [6, 6.07) is 19.3. The van der Waals surface area contributed by atoms with Gasteiger partial charge in [-0.15, -0.1) is 0 Å². The summed E-state index contributed by atoms with van der Waals surface area (Å²) in [5, 5.41) is 0. The van der Waals surface area contributed by atoms with E-state index >= 15 is 0 Å². The Bertz CT molecular complexity index is 828. The summed E-state index contributed by atoms with van der Waals surface area (Å²) in [7, 11) is -1.98. The molecule has 2 atom stereocenters. The number of imide groups is 1. The minimum Gasteiger partial charge on any atom is -0.403 e. The topological polar surface area (TPSA) is 46.6 Å². The molecule has 0 aliphatic carbocycles. The third-order valence-corrected chi connectivity index (χ3v) is 11.0. The Hall–Kier alpha value is -1.76. The lowest BCUT2D eigenvalue weighted by atomic mass is 9.90. The predicted octanol–water partition coefficient (Wildman–Crippen LogP) is 5.56. The van der Waals surface area contributed by atoms with E-state index in [1.165, 1.54) is 4.90 Å². The molecular weight excluding hydrogens is 434 g/mol. The van der Waals surface area contributed by atoms with Crippen LogP contribution in [0.4, 0.5) is 0 Å². The van der Waals surface area contributed by atoms with Gasteiger partial charge in [0.2, 0.25) is 0 Å². The van der Waals surface area contributed by atoms with Crippen LogP contribution in [0.3, 0.4) is 0 Å². The van der Waals surface area contributed by atoms with Gasteiger partial charge in [0.25, 0.3) is 11.8 Å². The van der Waals surface area contributed by atoms with Crippen LogP contribution >= 0.6 is 15.9 Å². The Morgan fingerprint density at radius 1 is 1.00 bits per heavy atom. The Labute approximate surface area is 176 Å². The molecule has 3 rings (SSSR count). The summed E-state index contributed by atoms with van der Waals surface area (Å²) in [6.07, 6.45) is -0.576. The van der Waals surface area contributed by atoms with Crippen molar-refractivity contribution in [2.45, 2.75) is 51.0 Å². The molecule has 0 bridgehead atoms. The second-order valence-corrected chi connectivity index (χ2v) is 12.8. The van der Waals surface area contributed by atoms with Crippen LogP contribution in [0.5, 0.6) is 0 Å². The lowest BCUT2D eigenvalue weighted by Gasteiger charge is -2.48. The summed E-state index contributed by atoms with van der Waals surface area (Å²) in [5.74, 6) is -0.503. The minimum absolute atomic E-state index is 0.228. The number of carbonyl (C=O) groups is 2. The Kier molecular flexibility index (Phi) is 6.53. The highest BCUT2D eigenvalue weighted by molar-refractivity contribution is 9.10. The second kappa shape index (κ2) is 8.72. The van der Waals surface area contributed by atoms with Crippen molar-refractivity contribution in [1.29, 1.82) is 0 Å². The van der Waals surface area contributed by atoms with E-state index in [1.54, 1.807) is 12.1 Å². The number of carbonyl (C=O) groups excluding carboxylic acids is 2. The first kappa shape index (κ1) is 21.0. The van der Waals surface area contributed by atoms with Gasteiger partial charge in [-0.1, -0.05) is 67.0 Å². The molecule has 0 radical (unpaired) electrons. The molecule has 0 spiro atoms. The van der Waals surface area contributed by atoms with Gasteiger partial charge in [0.15, 0.2) is 14.4 Å². The molecule has 1 saturated heterocycles. The lowest BCUT2D eigenvalue weighted by molar-refractivity contribution is -0.158. The zero-order valence-corrected chi connectivity index (χ0v) is 19.1. The summed E-state index contributed by atoms with van der Waals surface area (Å²) in [4.78, 5) is 27.5. The van der Waals surface area contributed by atoms with E-state index in [-0.39, 0.29) is 17.9 Å². The smallest absolute Gasteiger partial charge is 0.261 e. The number of nitrogens with zero attached hydrogens (tertiary/aromatic N) is 1. The van der Waals surface area contributed by atoms with E-state index in [1.807, 2.05) is 42.5 Å². The summed E-state index contributed by atoms with van der Waals surface area (Å²) < 4.78 is 7.42. The van der Waals surface area contributed by atoms with Crippen molar-refractivity contribution in [3.05, 3.63) is 70.2 Å². The van der Waals surface area contributed by atoms with Crippen molar-refractivity contribution >= 4 is 36.1 Å². The first-order valence-electron chi connectivity index (χ1n) is 9.82. The maximum Gasteiger partial charge on any atom is 0.261 e. The molecular formula is C22H26BrNO3Si. The largest absolute Gasteiger partial charge is 0.403 e. The number of hydrogen-bond acceptors (Lipinski definition) is 3. The average molecular weight is 460 g/mol. The number of halogens is 1.